The Bertz CT molecular complexity index is 1790. The van der Waals surface area contributed by atoms with Crippen molar-refractivity contribution in [2.24, 2.45) is 23.7 Å². The third-order valence-electron chi connectivity index (χ3n) is 9.77. The van der Waals surface area contributed by atoms with Crippen molar-refractivity contribution in [3.05, 3.63) is 107 Å². The van der Waals surface area contributed by atoms with Crippen LogP contribution >= 0.6 is 11.6 Å². The fourth-order valence-electron chi connectivity index (χ4n) is 8.09. The molecule has 0 radical (unpaired) electrons. The molecule has 5 amide bonds. The summed E-state index contributed by atoms with van der Waals surface area (Å²) < 4.78 is 4.75. The number of methoxy groups -OCH3 is 1. The van der Waals surface area contributed by atoms with E-state index in [0.29, 0.717) is 32.3 Å². The van der Waals surface area contributed by atoms with E-state index in [-0.39, 0.29) is 18.6 Å². The number of carbonyl (C=O) groups excluding carboxylic acids is 5. The van der Waals surface area contributed by atoms with Crippen molar-refractivity contribution in [2.45, 2.75) is 24.2 Å². The molecule has 6 atom stereocenters. The summed E-state index contributed by atoms with van der Waals surface area (Å²) in [7, 11) is 1.10. The molecule has 2 saturated heterocycles. The van der Waals surface area contributed by atoms with Gasteiger partial charge in [0.1, 0.15) is 5.75 Å². The number of phenols is 1. The maximum absolute atomic E-state index is 15.0. The highest BCUT2D eigenvalue weighted by atomic mass is 35.5. The van der Waals surface area contributed by atoms with Crippen molar-refractivity contribution in [2.75, 3.05) is 12.0 Å². The van der Waals surface area contributed by atoms with Crippen molar-refractivity contribution in [3.8, 4) is 5.75 Å². The fourth-order valence-corrected chi connectivity index (χ4v) is 8.28. The zero-order valence-electron chi connectivity index (χ0n) is 23.6. The van der Waals surface area contributed by atoms with E-state index in [9.17, 15) is 24.3 Å². The molecule has 9 nitrogen and oxygen atoms in total. The maximum Gasteiger partial charge on any atom is 0.423 e. The van der Waals surface area contributed by atoms with Gasteiger partial charge in [-0.15, -0.1) is 0 Å². The molecule has 1 saturated carbocycles. The van der Waals surface area contributed by atoms with Gasteiger partial charge in [0.15, 0.2) is 0 Å². The summed E-state index contributed by atoms with van der Waals surface area (Å²) in [6.45, 7) is 0. The number of nitrogens with zero attached hydrogens (tertiary/aromatic N) is 2. The first-order chi connectivity index (χ1) is 21.2. The molecule has 3 aromatic rings. The van der Waals surface area contributed by atoms with E-state index in [1.54, 1.807) is 54.6 Å². The highest BCUT2D eigenvalue weighted by molar-refractivity contribution is 6.32. The molecule has 0 aromatic heterocycles. The van der Waals surface area contributed by atoms with Gasteiger partial charge < -0.3 is 9.84 Å². The lowest BCUT2D eigenvalue weighted by molar-refractivity contribution is -0.138. The molecule has 1 N–H and O–H groups in total. The number of halogens is 1. The van der Waals surface area contributed by atoms with E-state index in [0.717, 1.165) is 12.0 Å². The van der Waals surface area contributed by atoms with Gasteiger partial charge in [0, 0.05) is 16.5 Å². The lowest BCUT2D eigenvalue weighted by Gasteiger charge is -2.50. The van der Waals surface area contributed by atoms with Gasteiger partial charge in [-0.1, -0.05) is 77.8 Å². The number of carbonyl (C=O) groups is 5. The standard InChI is InChI=1S/C34H27ClN2O7/c1-44-33(43)37-29(39)23-15-14-21-24(27(23)31(37)41)17-25-30(40)36(20-11-7-10-19(35)16-20)32(42)34(25,18-8-3-2-4-9-18)28(21)22-12-5-6-13-26(22)38/h2-14,16,23-25,27-28,38H,15,17H2,1H3/t23-,24+,25-,27-,28+,34+/m0/s1. The second-order valence-corrected chi connectivity index (χ2v) is 12.1. The molecular formula is C34H27ClN2O7. The number of fused-ring (bicyclic) bond motifs is 4. The van der Waals surface area contributed by atoms with E-state index < -0.39 is 64.7 Å². The zero-order valence-corrected chi connectivity index (χ0v) is 24.3. The van der Waals surface area contributed by atoms with Crippen molar-refractivity contribution in [1.29, 1.82) is 0 Å². The third kappa shape index (κ3) is 3.68. The average Bonchev–Trinajstić information content (AvgIpc) is 3.42. The van der Waals surface area contributed by atoms with Crippen LogP contribution in [0.15, 0.2) is 90.5 Å². The van der Waals surface area contributed by atoms with Crippen LogP contribution in [0.25, 0.3) is 0 Å². The van der Waals surface area contributed by atoms with E-state index in [1.807, 2.05) is 24.3 Å². The number of anilines is 1. The van der Waals surface area contributed by atoms with Crippen LogP contribution in [-0.2, 0) is 29.3 Å². The van der Waals surface area contributed by atoms with Gasteiger partial charge >= 0.3 is 6.09 Å². The lowest BCUT2D eigenvalue weighted by atomic mass is 9.49. The van der Waals surface area contributed by atoms with E-state index in [2.05, 4.69) is 0 Å². The van der Waals surface area contributed by atoms with Crippen molar-refractivity contribution in [3.63, 3.8) is 0 Å². The lowest BCUT2D eigenvalue weighted by Crippen LogP contribution is -2.53. The van der Waals surface area contributed by atoms with Crippen molar-refractivity contribution in [1.82, 2.24) is 4.90 Å². The molecule has 7 rings (SSSR count). The van der Waals surface area contributed by atoms with Gasteiger partial charge in [-0.2, -0.15) is 4.90 Å². The summed E-state index contributed by atoms with van der Waals surface area (Å²) in [6, 6.07) is 22.2. The van der Waals surface area contributed by atoms with E-state index in [1.165, 1.54) is 6.07 Å². The average molecular weight is 611 g/mol. The van der Waals surface area contributed by atoms with Crippen LogP contribution in [0, 0.1) is 23.7 Å². The van der Waals surface area contributed by atoms with Gasteiger partial charge in [0.2, 0.25) is 23.6 Å². The highest BCUT2D eigenvalue weighted by Gasteiger charge is 2.70. The van der Waals surface area contributed by atoms with Crippen LogP contribution in [0.4, 0.5) is 10.5 Å². The molecular weight excluding hydrogens is 584 g/mol. The number of allylic oxidation sites excluding steroid dienone is 2. The van der Waals surface area contributed by atoms with Crippen molar-refractivity contribution >= 4 is 47.0 Å². The Kier molecular flexibility index (Phi) is 6.48. The third-order valence-corrected chi connectivity index (χ3v) is 10.0. The van der Waals surface area contributed by atoms with Crippen LogP contribution in [0.2, 0.25) is 5.02 Å². The summed E-state index contributed by atoms with van der Waals surface area (Å²) in [5.74, 6) is -6.60. The van der Waals surface area contributed by atoms with Crippen LogP contribution in [0.3, 0.4) is 0 Å². The Morgan fingerprint density at radius 1 is 0.909 bits per heavy atom. The number of benzene rings is 3. The minimum absolute atomic E-state index is 0.0679. The number of para-hydroxylation sites is 1. The predicted molar refractivity (Wildman–Crippen MR) is 158 cm³/mol. The summed E-state index contributed by atoms with van der Waals surface area (Å²) in [6.07, 6.45) is 1.02. The van der Waals surface area contributed by atoms with Gasteiger partial charge in [-0.25, -0.2) is 9.69 Å². The van der Waals surface area contributed by atoms with Gasteiger partial charge in [-0.3, -0.25) is 19.2 Å². The smallest absolute Gasteiger partial charge is 0.423 e. The number of phenolic OH excluding ortho intramolecular Hbond substituents is 1. The van der Waals surface area contributed by atoms with Crippen LogP contribution in [0.5, 0.6) is 5.75 Å². The SMILES string of the molecule is COC(=O)N1C(=O)[C@H]2[C@H](CC=C3[C@H]2C[C@H]2C(=O)N(c4cccc(Cl)c4)C(=O)[C@@]2(c2ccccc2)[C@H]3c2ccccc2O)C1=O. The second kappa shape index (κ2) is 10.2. The molecule has 0 spiro atoms. The first-order valence-electron chi connectivity index (χ1n) is 14.3. The van der Waals surface area contributed by atoms with Crippen LogP contribution in [-0.4, -0.2) is 46.8 Å². The Labute approximate surface area is 257 Å². The summed E-state index contributed by atoms with van der Waals surface area (Å²) in [4.78, 5) is 70.9. The number of imide groups is 4. The molecule has 3 fully saturated rings. The molecule has 10 heteroatoms. The zero-order chi connectivity index (χ0) is 30.9. The fraction of sp³-hybridized carbons (Fsp3) is 0.265. The molecule has 0 unspecified atom stereocenters. The van der Waals surface area contributed by atoms with Crippen molar-refractivity contribution < 1.29 is 33.8 Å². The van der Waals surface area contributed by atoms with Gasteiger partial charge in [0.05, 0.1) is 36.0 Å². The molecule has 0 bridgehead atoms. The monoisotopic (exact) mass is 610 g/mol. The Morgan fingerprint density at radius 2 is 1.64 bits per heavy atom. The molecule has 2 aliphatic carbocycles. The molecule has 3 aromatic carbocycles. The van der Waals surface area contributed by atoms with E-state index in [4.69, 9.17) is 16.3 Å². The molecule has 2 heterocycles. The Hall–Kier alpha value is -4.76. The molecule has 44 heavy (non-hydrogen) atoms. The number of rotatable bonds is 3. The van der Waals surface area contributed by atoms with Gasteiger partial charge in [-0.05, 0) is 48.6 Å². The first-order valence-corrected chi connectivity index (χ1v) is 14.7. The minimum atomic E-state index is -1.50. The Balaban J connectivity index is 1.49. The number of aromatic hydroxyl groups is 1. The van der Waals surface area contributed by atoms with E-state index >= 15 is 4.79 Å². The van der Waals surface area contributed by atoms with Crippen LogP contribution < -0.4 is 4.90 Å². The molecule has 2 aliphatic heterocycles. The predicted octanol–water partition coefficient (Wildman–Crippen LogP) is 4.97. The summed E-state index contributed by atoms with van der Waals surface area (Å²) in [5.41, 5.74) is 0.503. The first kappa shape index (κ1) is 28.0. The summed E-state index contributed by atoms with van der Waals surface area (Å²) >= 11 is 6.31. The van der Waals surface area contributed by atoms with Gasteiger partial charge in [0.25, 0.3) is 0 Å². The maximum atomic E-state index is 15.0. The van der Waals surface area contributed by atoms with Crippen LogP contribution in [0.1, 0.15) is 29.9 Å². The molecule has 222 valence electrons. The minimum Gasteiger partial charge on any atom is -0.508 e. The highest BCUT2D eigenvalue weighted by Crippen LogP contribution is 2.65. The molecule has 4 aliphatic rings. The quantitative estimate of drug-likeness (QED) is 0.328. The Morgan fingerprint density at radius 3 is 2.34 bits per heavy atom. The largest absolute Gasteiger partial charge is 0.508 e. The normalized spacial score (nSPS) is 29.2. The number of likely N-dealkylation sites (tertiary alicyclic amines) is 1. The number of ether oxygens (including phenoxy) is 1. The number of amides is 5. The number of hydrogen-bond acceptors (Lipinski definition) is 7. The second-order valence-electron chi connectivity index (χ2n) is 11.6. The topological polar surface area (TPSA) is 121 Å². The number of hydrogen-bond donors (Lipinski definition) is 1. The summed E-state index contributed by atoms with van der Waals surface area (Å²) in [5, 5.41) is 11.6.